The zero-order chi connectivity index (χ0) is 13.1. The van der Waals surface area contributed by atoms with E-state index in [1.165, 1.54) is 11.3 Å². The second kappa shape index (κ2) is 5.18. The number of hydrogen-bond acceptors (Lipinski definition) is 5. The highest BCUT2D eigenvalue weighted by molar-refractivity contribution is 7.15. The van der Waals surface area contributed by atoms with Gasteiger partial charge in [0.15, 0.2) is 5.69 Å². The van der Waals surface area contributed by atoms with Crippen LogP contribution in [0, 0.1) is 6.92 Å². The van der Waals surface area contributed by atoms with Gasteiger partial charge in [-0.3, -0.25) is 0 Å². The Morgan fingerprint density at radius 1 is 1.50 bits per heavy atom. The number of aromatic nitrogens is 1. The highest BCUT2D eigenvalue weighted by Gasteiger charge is 2.17. The number of hydrogen-bond donors (Lipinski definition) is 1. The first kappa shape index (κ1) is 12.6. The molecule has 0 saturated heterocycles. The van der Waals surface area contributed by atoms with E-state index in [9.17, 15) is 9.90 Å². The van der Waals surface area contributed by atoms with Crippen molar-refractivity contribution in [3.05, 3.63) is 34.8 Å². The number of ether oxygens (including phenoxy) is 1. The van der Waals surface area contributed by atoms with Gasteiger partial charge in [0.2, 0.25) is 0 Å². The number of carbonyl (C=O) groups excluding carboxylic acids is 1. The lowest BCUT2D eigenvalue weighted by Gasteiger charge is -1.98. The van der Waals surface area contributed by atoms with Crippen molar-refractivity contribution < 1.29 is 14.6 Å². The van der Waals surface area contributed by atoms with E-state index >= 15 is 0 Å². The maximum absolute atomic E-state index is 11.6. The first-order valence-electron chi connectivity index (χ1n) is 5.55. The summed E-state index contributed by atoms with van der Waals surface area (Å²) in [6, 6.07) is 6.79. The van der Waals surface area contributed by atoms with Gasteiger partial charge < -0.3 is 9.84 Å². The average Bonchev–Trinajstić information content (AvgIpc) is 2.72. The Labute approximate surface area is 109 Å². The lowest BCUT2D eigenvalue weighted by Crippen LogP contribution is -2.06. The summed E-state index contributed by atoms with van der Waals surface area (Å²) in [5.74, 6) is -0.226. The molecule has 18 heavy (non-hydrogen) atoms. The molecule has 0 aliphatic heterocycles. The molecule has 0 radical (unpaired) electrons. The number of phenols is 1. The van der Waals surface area contributed by atoms with E-state index in [2.05, 4.69) is 4.98 Å². The highest BCUT2D eigenvalue weighted by Crippen LogP contribution is 2.29. The van der Waals surface area contributed by atoms with Crippen LogP contribution in [-0.4, -0.2) is 22.7 Å². The molecule has 1 N–H and O–H groups in total. The Hall–Kier alpha value is -1.88. The van der Waals surface area contributed by atoms with Gasteiger partial charge in [-0.1, -0.05) is 12.1 Å². The number of phenolic OH excluding ortho intramolecular Hbond substituents is 1. The molecule has 1 aromatic carbocycles. The minimum absolute atomic E-state index is 0.179. The van der Waals surface area contributed by atoms with Crippen LogP contribution in [0.15, 0.2) is 24.3 Å². The molecule has 0 aliphatic carbocycles. The molecule has 0 unspecified atom stereocenters. The molecule has 0 fully saturated rings. The summed E-state index contributed by atoms with van der Waals surface area (Å²) in [7, 11) is 0. The summed E-state index contributed by atoms with van der Waals surface area (Å²) in [5.41, 5.74) is 1.14. The quantitative estimate of drug-likeness (QED) is 0.865. The van der Waals surface area contributed by atoms with Crippen LogP contribution in [0.1, 0.15) is 22.3 Å². The summed E-state index contributed by atoms with van der Waals surface area (Å²) in [6.07, 6.45) is 0. The van der Waals surface area contributed by atoms with Crippen molar-refractivity contribution in [3.63, 3.8) is 0 Å². The predicted octanol–water partition coefficient (Wildman–Crippen LogP) is 3.00. The third-order valence-electron chi connectivity index (χ3n) is 2.36. The van der Waals surface area contributed by atoms with Crippen LogP contribution in [0.2, 0.25) is 0 Å². The van der Waals surface area contributed by atoms with E-state index in [1.54, 1.807) is 25.1 Å². The minimum Gasteiger partial charge on any atom is -0.508 e. The molecule has 0 aliphatic rings. The van der Waals surface area contributed by atoms with Gasteiger partial charge >= 0.3 is 5.97 Å². The van der Waals surface area contributed by atoms with E-state index < -0.39 is 5.97 Å². The van der Waals surface area contributed by atoms with Crippen LogP contribution < -0.4 is 0 Å². The summed E-state index contributed by atoms with van der Waals surface area (Å²) < 4.78 is 4.94. The molecular weight excluding hydrogens is 250 g/mol. The Balaban J connectivity index is 2.37. The molecule has 1 heterocycles. The summed E-state index contributed by atoms with van der Waals surface area (Å²) in [5, 5.41) is 10.1. The van der Waals surface area contributed by atoms with Crippen LogP contribution >= 0.6 is 11.3 Å². The van der Waals surface area contributed by atoms with Gasteiger partial charge in [-0.25, -0.2) is 9.78 Å². The molecule has 0 saturated carbocycles. The Kier molecular flexibility index (Phi) is 3.62. The molecule has 5 heteroatoms. The largest absolute Gasteiger partial charge is 0.508 e. The summed E-state index contributed by atoms with van der Waals surface area (Å²) in [6.45, 7) is 3.92. The number of benzene rings is 1. The Bertz CT molecular complexity index is 577. The molecule has 2 rings (SSSR count). The van der Waals surface area contributed by atoms with Crippen LogP contribution in [0.25, 0.3) is 10.6 Å². The van der Waals surface area contributed by atoms with Gasteiger partial charge in [0.05, 0.1) is 6.61 Å². The van der Waals surface area contributed by atoms with Gasteiger partial charge in [-0.05, 0) is 26.0 Å². The molecule has 4 nitrogen and oxygen atoms in total. The minimum atomic E-state index is -0.405. The zero-order valence-corrected chi connectivity index (χ0v) is 11.0. The van der Waals surface area contributed by atoms with Gasteiger partial charge in [0.25, 0.3) is 0 Å². The van der Waals surface area contributed by atoms with Gasteiger partial charge in [0, 0.05) is 10.4 Å². The van der Waals surface area contributed by atoms with Crippen LogP contribution in [0.4, 0.5) is 0 Å². The Morgan fingerprint density at radius 3 is 2.94 bits per heavy atom. The van der Waals surface area contributed by atoms with Crippen molar-refractivity contribution in [2.45, 2.75) is 13.8 Å². The van der Waals surface area contributed by atoms with Crippen molar-refractivity contribution in [2.75, 3.05) is 6.61 Å². The lowest BCUT2D eigenvalue weighted by atomic mass is 10.2. The van der Waals surface area contributed by atoms with Crippen LogP contribution in [-0.2, 0) is 4.74 Å². The standard InChI is InChI=1S/C13H13NO3S/c1-3-17-13(16)11-8(2)18-12(14-11)9-5-4-6-10(15)7-9/h4-7,15H,3H2,1-2H3. The number of rotatable bonds is 3. The normalized spacial score (nSPS) is 10.3. The van der Waals surface area contributed by atoms with Gasteiger partial charge in [-0.15, -0.1) is 11.3 Å². The predicted molar refractivity (Wildman–Crippen MR) is 69.9 cm³/mol. The SMILES string of the molecule is CCOC(=O)c1nc(-c2cccc(O)c2)sc1C. The molecule has 0 atom stereocenters. The first-order valence-corrected chi connectivity index (χ1v) is 6.37. The number of carbonyl (C=O) groups is 1. The fourth-order valence-electron chi connectivity index (χ4n) is 1.55. The van der Waals surface area contributed by atoms with E-state index in [-0.39, 0.29) is 5.75 Å². The number of aryl methyl sites for hydroxylation is 1. The topological polar surface area (TPSA) is 59.4 Å². The number of thiazole rings is 1. The highest BCUT2D eigenvalue weighted by atomic mass is 32.1. The van der Waals surface area contributed by atoms with E-state index in [1.807, 2.05) is 13.0 Å². The summed E-state index contributed by atoms with van der Waals surface area (Å²) in [4.78, 5) is 16.7. The monoisotopic (exact) mass is 263 g/mol. The third kappa shape index (κ3) is 2.51. The molecular formula is C13H13NO3S. The molecule has 0 bridgehead atoms. The molecule has 0 amide bonds. The van der Waals surface area contributed by atoms with E-state index in [0.29, 0.717) is 17.3 Å². The number of nitrogens with zero attached hydrogens (tertiary/aromatic N) is 1. The van der Waals surface area contributed by atoms with Gasteiger partial charge in [0.1, 0.15) is 10.8 Å². The van der Waals surface area contributed by atoms with Crippen molar-refractivity contribution in [3.8, 4) is 16.3 Å². The molecule has 0 spiro atoms. The lowest BCUT2D eigenvalue weighted by molar-refractivity contribution is 0.0519. The second-order valence-corrected chi connectivity index (χ2v) is 4.90. The smallest absolute Gasteiger partial charge is 0.358 e. The van der Waals surface area contributed by atoms with Crippen molar-refractivity contribution in [1.82, 2.24) is 4.98 Å². The Morgan fingerprint density at radius 2 is 2.28 bits per heavy atom. The zero-order valence-electron chi connectivity index (χ0n) is 10.1. The van der Waals surface area contributed by atoms with Crippen molar-refractivity contribution in [1.29, 1.82) is 0 Å². The van der Waals surface area contributed by atoms with Crippen LogP contribution in [0.3, 0.4) is 0 Å². The third-order valence-corrected chi connectivity index (χ3v) is 3.38. The van der Waals surface area contributed by atoms with E-state index in [0.717, 1.165) is 10.4 Å². The molecule has 94 valence electrons. The van der Waals surface area contributed by atoms with E-state index in [4.69, 9.17) is 4.74 Å². The summed E-state index contributed by atoms with van der Waals surface area (Å²) >= 11 is 1.41. The second-order valence-electron chi connectivity index (χ2n) is 3.69. The molecule has 1 aromatic heterocycles. The fraction of sp³-hybridized carbons (Fsp3) is 0.231. The number of esters is 1. The van der Waals surface area contributed by atoms with Crippen molar-refractivity contribution in [2.24, 2.45) is 0 Å². The fourth-order valence-corrected chi connectivity index (χ4v) is 2.45. The van der Waals surface area contributed by atoms with Crippen molar-refractivity contribution >= 4 is 17.3 Å². The average molecular weight is 263 g/mol. The van der Waals surface area contributed by atoms with Gasteiger partial charge in [-0.2, -0.15) is 0 Å². The number of aromatic hydroxyl groups is 1. The van der Waals surface area contributed by atoms with Crippen LogP contribution in [0.5, 0.6) is 5.75 Å². The molecule has 2 aromatic rings. The first-order chi connectivity index (χ1) is 8.61. The maximum Gasteiger partial charge on any atom is 0.358 e. The maximum atomic E-state index is 11.6.